The molecular weight excluding hydrogens is 274 g/mol. The minimum Gasteiger partial charge on any atom is -0.376 e. The number of ether oxygens (including phenoxy) is 1. The third kappa shape index (κ3) is 2.69. The summed E-state index contributed by atoms with van der Waals surface area (Å²) in [7, 11) is 1.95. The average Bonchev–Trinajstić information content (AvgIpc) is 3.08. The van der Waals surface area contributed by atoms with E-state index in [1.807, 2.05) is 23.2 Å². The maximum atomic E-state index is 5.69. The van der Waals surface area contributed by atoms with Crippen LogP contribution in [0.2, 0.25) is 0 Å². The van der Waals surface area contributed by atoms with Crippen molar-refractivity contribution in [1.29, 1.82) is 0 Å². The van der Waals surface area contributed by atoms with Crippen LogP contribution in [0.15, 0.2) is 6.07 Å². The molecular formula is C13H19N5OS. The Labute approximate surface area is 122 Å². The van der Waals surface area contributed by atoms with E-state index in [-0.39, 0.29) is 6.10 Å². The maximum Gasteiger partial charge on any atom is 0.195 e. The number of aromatic nitrogens is 5. The van der Waals surface area contributed by atoms with Crippen LogP contribution < -0.4 is 0 Å². The first-order chi connectivity index (χ1) is 9.63. The first kappa shape index (κ1) is 13.5. The fraction of sp³-hybridized carbons (Fsp3) is 0.615. The number of nitrogens with one attached hydrogen (secondary N) is 1. The molecule has 3 rings (SSSR count). The lowest BCUT2D eigenvalue weighted by Gasteiger charge is -2.12. The quantitative estimate of drug-likeness (QED) is 0.873. The van der Waals surface area contributed by atoms with E-state index in [1.54, 1.807) is 0 Å². The lowest BCUT2D eigenvalue weighted by molar-refractivity contribution is 0.0959. The molecule has 0 saturated carbocycles. The summed E-state index contributed by atoms with van der Waals surface area (Å²) < 4.78 is 10.3. The molecule has 108 valence electrons. The minimum absolute atomic E-state index is 0.256. The van der Waals surface area contributed by atoms with Gasteiger partial charge in [0.2, 0.25) is 0 Å². The van der Waals surface area contributed by atoms with Gasteiger partial charge in [0, 0.05) is 25.8 Å². The first-order valence-electron chi connectivity index (χ1n) is 6.88. The van der Waals surface area contributed by atoms with Crippen molar-refractivity contribution in [2.75, 3.05) is 6.61 Å². The Morgan fingerprint density at radius 2 is 2.40 bits per heavy atom. The number of H-pyrrole nitrogens is 1. The number of nitrogens with zero attached hydrogens (tertiary/aromatic N) is 4. The highest BCUT2D eigenvalue weighted by Crippen LogP contribution is 2.16. The van der Waals surface area contributed by atoms with E-state index in [0.717, 1.165) is 49.6 Å². The molecule has 3 heterocycles. The van der Waals surface area contributed by atoms with Crippen molar-refractivity contribution < 1.29 is 4.74 Å². The van der Waals surface area contributed by atoms with Crippen molar-refractivity contribution in [2.45, 2.75) is 38.8 Å². The summed E-state index contributed by atoms with van der Waals surface area (Å²) in [4.78, 5) is 0. The van der Waals surface area contributed by atoms with E-state index in [4.69, 9.17) is 17.0 Å². The zero-order valence-corrected chi connectivity index (χ0v) is 12.6. The fourth-order valence-corrected chi connectivity index (χ4v) is 2.88. The predicted octanol–water partition coefficient (Wildman–Crippen LogP) is 1.75. The molecule has 1 aliphatic heterocycles. The number of hydrogen-bond donors (Lipinski definition) is 1. The Morgan fingerprint density at radius 3 is 3.05 bits per heavy atom. The minimum atomic E-state index is 0.256. The lowest BCUT2D eigenvalue weighted by atomic mass is 10.2. The lowest BCUT2D eigenvalue weighted by Crippen LogP contribution is -2.17. The summed E-state index contributed by atoms with van der Waals surface area (Å²) >= 11 is 5.33. The highest BCUT2D eigenvalue weighted by molar-refractivity contribution is 7.71. The van der Waals surface area contributed by atoms with Crippen molar-refractivity contribution in [2.24, 2.45) is 7.05 Å². The molecule has 6 nitrogen and oxygen atoms in total. The van der Waals surface area contributed by atoms with Gasteiger partial charge in [-0.3, -0.25) is 9.78 Å². The molecule has 0 aromatic carbocycles. The standard InChI is InChI=1S/C13H19N5OS/c1-9-6-10(17(2)16-9)7-12-14-15-13(20)18(12)8-11-4-3-5-19-11/h6,11H,3-5,7-8H2,1-2H3,(H,15,20)/t11-/m0/s1. The molecule has 20 heavy (non-hydrogen) atoms. The topological polar surface area (TPSA) is 60.7 Å². The van der Waals surface area contributed by atoms with Crippen LogP contribution in [0.3, 0.4) is 0 Å². The van der Waals surface area contributed by atoms with Gasteiger partial charge in [0.05, 0.1) is 18.3 Å². The molecule has 0 amide bonds. The Morgan fingerprint density at radius 1 is 1.55 bits per heavy atom. The molecule has 7 heteroatoms. The largest absolute Gasteiger partial charge is 0.376 e. The van der Waals surface area contributed by atoms with E-state index >= 15 is 0 Å². The number of hydrogen-bond acceptors (Lipinski definition) is 4. The van der Waals surface area contributed by atoms with Gasteiger partial charge in [0.1, 0.15) is 5.82 Å². The second-order valence-electron chi connectivity index (χ2n) is 5.27. The van der Waals surface area contributed by atoms with E-state index in [0.29, 0.717) is 4.77 Å². The molecule has 1 aliphatic rings. The molecule has 1 N–H and O–H groups in total. The highest BCUT2D eigenvalue weighted by Gasteiger charge is 2.19. The second-order valence-corrected chi connectivity index (χ2v) is 5.65. The molecule has 0 unspecified atom stereocenters. The molecule has 1 fully saturated rings. The Hall–Kier alpha value is -1.47. The Kier molecular flexibility index (Phi) is 3.71. The van der Waals surface area contributed by atoms with E-state index in [2.05, 4.69) is 21.4 Å². The third-order valence-electron chi connectivity index (χ3n) is 3.69. The molecule has 2 aromatic rings. The number of rotatable bonds is 4. The van der Waals surface area contributed by atoms with Gasteiger partial charge in [-0.05, 0) is 38.0 Å². The van der Waals surface area contributed by atoms with Crippen LogP contribution in [0.4, 0.5) is 0 Å². The van der Waals surface area contributed by atoms with Crippen LogP contribution in [0, 0.1) is 11.7 Å². The third-order valence-corrected chi connectivity index (χ3v) is 4.00. The number of aryl methyl sites for hydroxylation is 2. The average molecular weight is 293 g/mol. The SMILES string of the molecule is Cc1cc(Cc2n[nH]c(=S)n2C[C@@H]2CCCO2)n(C)n1. The number of aromatic amines is 1. The van der Waals surface area contributed by atoms with Gasteiger partial charge in [0.25, 0.3) is 0 Å². The van der Waals surface area contributed by atoms with Crippen LogP contribution in [-0.4, -0.2) is 37.3 Å². The van der Waals surface area contributed by atoms with Crippen molar-refractivity contribution in [3.8, 4) is 0 Å². The summed E-state index contributed by atoms with van der Waals surface area (Å²) in [5.74, 6) is 0.938. The summed E-state index contributed by atoms with van der Waals surface area (Å²) in [6, 6.07) is 2.08. The summed E-state index contributed by atoms with van der Waals surface area (Å²) in [5.41, 5.74) is 2.15. The summed E-state index contributed by atoms with van der Waals surface area (Å²) in [6.45, 7) is 3.63. The van der Waals surface area contributed by atoms with Gasteiger partial charge in [-0.1, -0.05) is 0 Å². The van der Waals surface area contributed by atoms with E-state index in [9.17, 15) is 0 Å². The van der Waals surface area contributed by atoms with Crippen LogP contribution in [-0.2, 0) is 24.8 Å². The monoisotopic (exact) mass is 293 g/mol. The Balaban J connectivity index is 1.82. The van der Waals surface area contributed by atoms with Crippen LogP contribution in [0.1, 0.15) is 30.1 Å². The maximum absolute atomic E-state index is 5.69. The normalized spacial score (nSPS) is 18.8. The smallest absolute Gasteiger partial charge is 0.195 e. The summed E-state index contributed by atoms with van der Waals surface area (Å²) in [5, 5.41) is 11.6. The molecule has 2 aromatic heterocycles. The molecule has 0 spiro atoms. The van der Waals surface area contributed by atoms with Gasteiger partial charge in [-0.2, -0.15) is 10.2 Å². The van der Waals surface area contributed by atoms with Crippen molar-refractivity contribution >= 4 is 12.2 Å². The second kappa shape index (κ2) is 5.49. The van der Waals surface area contributed by atoms with Gasteiger partial charge >= 0.3 is 0 Å². The molecule has 1 atom stereocenters. The molecule has 1 saturated heterocycles. The van der Waals surface area contributed by atoms with Gasteiger partial charge < -0.3 is 9.30 Å². The van der Waals surface area contributed by atoms with E-state index < -0.39 is 0 Å². The summed E-state index contributed by atoms with van der Waals surface area (Å²) in [6.07, 6.45) is 3.20. The van der Waals surface area contributed by atoms with Gasteiger partial charge in [0.15, 0.2) is 4.77 Å². The van der Waals surface area contributed by atoms with Crippen LogP contribution >= 0.6 is 12.2 Å². The molecule has 0 aliphatic carbocycles. The van der Waals surface area contributed by atoms with Crippen molar-refractivity contribution in [3.63, 3.8) is 0 Å². The zero-order valence-electron chi connectivity index (χ0n) is 11.8. The predicted molar refractivity (Wildman–Crippen MR) is 77.1 cm³/mol. The van der Waals surface area contributed by atoms with Crippen LogP contribution in [0.5, 0.6) is 0 Å². The van der Waals surface area contributed by atoms with Gasteiger partial charge in [-0.25, -0.2) is 0 Å². The molecule has 0 bridgehead atoms. The zero-order chi connectivity index (χ0) is 14.1. The van der Waals surface area contributed by atoms with Crippen LogP contribution in [0.25, 0.3) is 0 Å². The highest BCUT2D eigenvalue weighted by atomic mass is 32.1. The van der Waals surface area contributed by atoms with Crippen molar-refractivity contribution in [3.05, 3.63) is 28.0 Å². The van der Waals surface area contributed by atoms with Crippen molar-refractivity contribution in [1.82, 2.24) is 24.5 Å². The molecule has 0 radical (unpaired) electrons. The Bertz CT molecular complexity index is 650. The van der Waals surface area contributed by atoms with Gasteiger partial charge in [-0.15, -0.1) is 0 Å². The first-order valence-corrected chi connectivity index (χ1v) is 7.29. The fourth-order valence-electron chi connectivity index (χ4n) is 2.66. The van der Waals surface area contributed by atoms with E-state index in [1.165, 1.54) is 0 Å².